The largest absolute Gasteiger partial charge is 0.367 e. The Labute approximate surface area is 133 Å². The highest BCUT2D eigenvalue weighted by atomic mass is 35.5. The molecule has 6 nitrogen and oxygen atoms in total. The van der Waals surface area contributed by atoms with Crippen LogP contribution in [0.25, 0.3) is 0 Å². The van der Waals surface area contributed by atoms with Crippen LogP contribution in [0.4, 0.5) is 11.4 Å². The summed E-state index contributed by atoms with van der Waals surface area (Å²) in [5.74, 6) is -0.150. The molecule has 1 unspecified atom stereocenters. The molecule has 1 saturated heterocycles. The molecule has 1 atom stereocenters. The van der Waals surface area contributed by atoms with Gasteiger partial charge in [0.2, 0.25) is 5.82 Å². The van der Waals surface area contributed by atoms with E-state index in [0.29, 0.717) is 16.8 Å². The fraction of sp³-hybridized carbons (Fsp3) is 0.400. The molecule has 7 heteroatoms. The lowest BCUT2D eigenvalue weighted by Crippen LogP contribution is -2.38. The van der Waals surface area contributed by atoms with Crippen LogP contribution in [0.3, 0.4) is 0 Å². The van der Waals surface area contributed by atoms with Crippen molar-refractivity contribution >= 4 is 28.9 Å². The van der Waals surface area contributed by atoms with Gasteiger partial charge in [0, 0.05) is 17.6 Å². The van der Waals surface area contributed by atoms with Gasteiger partial charge in [0.15, 0.2) is 0 Å². The molecule has 0 radical (unpaired) electrons. The van der Waals surface area contributed by atoms with Crippen LogP contribution in [0.15, 0.2) is 24.5 Å². The maximum atomic E-state index is 12.2. The van der Waals surface area contributed by atoms with E-state index in [1.165, 1.54) is 12.7 Å². The Kier molecular flexibility index (Phi) is 4.29. The number of aromatic amines is 1. The second-order valence-corrected chi connectivity index (χ2v) is 5.92. The van der Waals surface area contributed by atoms with Crippen LogP contribution in [0, 0.1) is 0 Å². The van der Waals surface area contributed by atoms with Crippen LogP contribution in [-0.2, 0) is 0 Å². The first-order chi connectivity index (χ1) is 10.6. The molecule has 22 heavy (non-hydrogen) atoms. The highest BCUT2D eigenvalue weighted by Gasteiger charge is 2.22. The van der Waals surface area contributed by atoms with Gasteiger partial charge < -0.3 is 10.2 Å². The highest BCUT2D eigenvalue weighted by molar-refractivity contribution is 6.31. The van der Waals surface area contributed by atoms with Crippen molar-refractivity contribution in [1.29, 1.82) is 0 Å². The number of benzene rings is 1. The number of halogens is 1. The second kappa shape index (κ2) is 6.36. The van der Waals surface area contributed by atoms with Crippen LogP contribution >= 0.6 is 11.6 Å². The standard InChI is InChI=1S/C15H18ClN5O/c1-10-4-2-3-7-21(10)13-6-5-11(16)8-12(13)19-15(22)14-17-9-18-20-14/h5-6,8-10H,2-4,7H2,1H3,(H,19,22)(H,17,18,20). The number of nitrogens with one attached hydrogen (secondary N) is 2. The number of carbonyl (C=O) groups excluding carboxylic acids is 1. The Balaban J connectivity index is 1.89. The Morgan fingerprint density at radius 1 is 1.45 bits per heavy atom. The summed E-state index contributed by atoms with van der Waals surface area (Å²) < 4.78 is 0. The van der Waals surface area contributed by atoms with Gasteiger partial charge in [-0.05, 0) is 44.4 Å². The lowest BCUT2D eigenvalue weighted by Gasteiger charge is -2.36. The Hall–Kier alpha value is -2.08. The molecule has 0 bridgehead atoms. The summed E-state index contributed by atoms with van der Waals surface area (Å²) in [5.41, 5.74) is 1.69. The minimum atomic E-state index is -0.328. The lowest BCUT2D eigenvalue weighted by atomic mass is 10.0. The zero-order chi connectivity index (χ0) is 15.5. The van der Waals surface area contributed by atoms with Gasteiger partial charge in [-0.25, -0.2) is 4.98 Å². The first kappa shape index (κ1) is 14.8. The van der Waals surface area contributed by atoms with Crippen molar-refractivity contribution in [1.82, 2.24) is 15.2 Å². The van der Waals surface area contributed by atoms with Crippen molar-refractivity contribution in [3.63, 3.8) is 0 Å². The van der Waals surface area contributed by atoms with Crippen molar-refractivity contribution in [3.8, 4) is 0 Å². The van der Waals surface area contributed by atoms with Gasteiger partial charge >= 0.3 is 0 Å². The van der Waals surface area contributed by atoms with Gasteiger partial charge in [0.1, 0.15) is 6.33 Å². The highest BCUT2D eigenvalue weighted by Crippen LogP contribution is 2.33. The van der Waals surface area contributed by atoms with Gasteiger partial charge in [-0.1, -0.05) is 11.6 Å². The fourth-order valence-electron chi connectivity index (χ4n) is 2.81. The molecule has 1 aliphatic heterocycles. The summed E-state index contributed by atoms with van der Waals surface area (Å²) in [7, 11) is 0. The van der Waals surface area contributed by atoms with Crippen LogP contribution in [0.1, 0.15) is 36.8 Å². The fourth-order valence-corrected chi connectivity index (χ4v) is 2.98. The third-order valence-electron chi connectivity index (χ3n) is 3.95. The quantitative estimate of drug-likeness (QED) is 0.911. The van der Waals surface area contributed by atoms with Crippen LogP contribution in [0.2, 0.25) is 5.02 Å². The number of hydrogen-bond donors (Lipinski definition) is 2. The summed E-state index contributed by atoms with van der Waals surface area (Å²) in [6, 6.07) is 6.02. The smallest absolute Gasteiger partial charge is 0.293 e. The Bertz CT molecular complexity index is 658. The summed E-state index contributed by atoms with van der Waals surface area (Å²) >= 11 is 6.09. The molecule has 1 amide bonds. The third kappa shape index (κ3) is 3.06. The maximum Gasteiger partial charge on any atom is 0.293 e. The van der Waals surface area contributed by atoms with E-state index in [-0.39, 0.29) is 11.7 Å². The number of piperidine rings is 1. The first-order valence-corrected chi connectivity index (χ1v) is 7.76. The molecule has 0 spiro atoms. The van der Waals surface area contributed by atoms with Crippen LogP contribution in [0.5, 0.6) is 0 Å². The number of H-pyrrole nitrogens is 1. The zero-order valence-electron chi connectivity index (χ0n) is 12.3. The molecule has 1 aliphatic rings. The molecular formula is C15H18ClN5O. The average Bonchev–Trinajstić information content (AvgIpc) is 3.03. The van der Waals surface area contributed by atoms with Gasteiger partial charge in [-0.2, -0.15) is 5.10 Å². The number of anilines is 2. The summed E-state index contributed by atoms with van der Waals surface area (Å²) in [6.07, 6.45) is 4.85. The molecule has 2 aromatic rings. The SMILES string of the molecule is CC1CCCCN1c1ccc(Cl)cc1NC(=O)c1ncn[nH]1. The normalized spacial score (nSPS) is 18.3. The van der Waals surface area contributed by atoms with Crippen molar-refractivity contribution in [2.45, 2.75) is 32.2 Å². The third-order valence-corrected chi connectivity index (χ3v) is 4.18. The van der Waals surface area contributed by atoms with E-state index in [1.807, 2.05) is 12.1 Å². The van der Waals surface area contributed by atoms with Gasteiger partial charge in [0.25, 0.3) is 5.91 Å². The summed E-state index contributed by atoms with van der Waals surface area (Å²) in [5, 5.41) is 9.71. The Morgan fingerprint density at radius 2 is 2.32 bits per heavy atom. The van der Waals surface area contributed by atoms with E-state index in [0.717, 1.165) is 25.1 Å². The van der Waals surface area contributed by atoms with E-state index in [9.17, 15) is 4.79 Å². The monoisotopic (exact) mass is 319 g/mol. The van der Waals surface area contributed by atoms with E-state index < -0.39 is 0 Å². The molecule has 1 aromatic heterocycles. The predicted octanol–water partition coefficient (Wildman–Crippen LogP) is 3.09. The molecule has 1 fully saturated rings. The first-order valence-electron chi connectivity index (χ1n) is 7.38. The molecule has 1 aromatic carbocycles. The topological polar surface area (TPSA) is 73.9 Å². The lowest BCUT2D eigenvalue weighted by molar-refractivity contribution is 0.101. The number of nitrogens with zero attached hydrogens (tertiary/aromatic N) is 3. The number of hydrogen-bond acceptors (Lipinski definition) is 4. The molecule has 0 saturated carbocycles. The van der Waals surface area contributed by atoms with Crippen molar-refractivity contribution in [2.24, 2.45) is 0 Å². The van der Waals surface area contributed by atoms with Gasteiger partial charge in [-0.3, -0.25) is 9.89 Å². The minimum Gasteiger partial charge on any atom is -0.367 e. The van der Waals surface area contributed by atoms with Gasteiger partial charge in [-0.15, -0.1) is 0 Å². The van der Waals surface area contributed by atoms with Crippen LogP contribution in [-0.4, -0.2) is 33.7 Å². The molecule has 3 rings (SSSR count). The van der Waals surface area contributed by atoms with E-state index in [4.69, 9.17) is 11.6 Å². The van der Waals surface area contributed by atoms with E-state index in [2.05, 4.69) is 32.3 Å². The average molecular weight is 320 g/mol. The Morgan fingerprint density at radius 3 is 3.05 bits per heavy atom. The minimum absolute atomic E-state index is 0.178. The van der Waals surface area contributed by atoms with Crippen molar-refractivity contribution in [2.75, 3.05) is 16.8 Å². The number of aromatic nitrogens is 3. The number of amides is 1. The summed E-state index contributed by atoms with van der Waals surface area (Å²) in [6.45, 7) is 3.18. The summed E-state index contributed by atoms with van der Waals surface area (Å²) in [4.78, 5) is 18.4. The molecule has 2 N–H and O–H groups in total. The maximum absolute atomic E-state index is 12.2. The zero-order valence-corrected chi connectivity index (χ0v) is 13.1. The molecule has 2 heterocycles. The van der Waals surface area contributed by atoms with Crippen LogP contribution < -0.4 is 10.2 Å². The van der Waals surface area contributed by atoms with Crippen molar-refractivity contribution < 1.29 is 4.79 Å². The molecule has 0 aliphatic carbocycles. The number of carbonyl (C=O) groups is 1. The molecule has 116 valence electrons. The number of rotatable bonds is 3. The van der Waals surface area contributed by atoms with E-state index >= 15 is 0 Å². The van der Waals surface area contributed by atoms with E-state index in [1.54, 1.807) is 6.07 Å². The second-order valence-electron chi connectivity index (χ2n) is 5.49. The predicted molar refractivity (Wildman–Crippen MR) is 86.4 cm³/mol. The molecular weight excluding hydrogens is 302 g/mol. The van der Waals surface area contributed by atoms with Crippen molar-refractivity contribution in [3.05, 3.63) is 35.4 Å². The van der Waals surface area contributed by atoms with Gasteiger partial charge in [0.05, 0.1) is 11.4 Å².